The van der Waals surface area contributed by atoms with E-state index in [0.717, 1.165) is 35.4 Å². The molecule has 4 aromatic carbocycles. The molecule has 0 unspecified atom stereocenters. The number of primary amides is 1. The second-order valence-corrected chi connectivity index (χ2v) is 36.2. The molecule has 131 heavy (non-hydrogen) atoms. The molecule has 34 nitrogen and oxygen atoms in total. The van der Waals surface area contributed by atoms with Crippen molar-refractivity contribution >= 4 is 111 Å². The molecule has 2 aromatic heterocycles. The number of H-pyrrole nitrogens is 1. The molecule has 0 spiro atoms. The Balaban J connectivity index is 0.815. The van der Waals surface area contributed by atoms with E-state index in [0.29, 0.717) is 108 Å². The number of fused-ring (bicyclic) bond motifs is 1. The molecule has 12 atom stereocenters. The molecule has 4 heterocycles. The summed E-state index contributed by atoms with van der Waals surface area (Å²) < 4.78 is 27.0. The zero-order valence-electron chi connectivity index (χ0n) is 78.3. The number of ether oxygens (including phenoxy) is 2. The minimum atomic E-state index is -1.31. The van der Waals surface area contributed by atoms with Crippen LogP contribution in [0.5, 0.6) is 0 Å². The van der Waals surface area contributed by atoms with Gasteiger partial charge in [0.25, 0.3) is 5.91 Å². The lowest BCUT2D eigenvalue weighted by Crippen LogP contribution is -2.60. The summed E-state index contributed by atoms with van der Waals surface area (Å²) in [6.45, 7) is 22.8. The van der Waals surface area contributed by atoms with Crippen molar-refractivity contribution < 1.29 is 76.5 Å². The standard InChI is InChI=1S/C95H137ClFN19O15/c1-16-57(9)83(74(130-15)50-78(120)116-41-23-26-68(116)46-58(10)88(122)105-59(11)85(121)61-24-19-17-20-25-61)113(13)94(128)81(54(4)5)112-93(127)82(55(6)7)114(14)95(129)131-52-62-29-31-67(49-69(62)90(124)103-38-37-98)107-89(123)60(12)106-92(126)80(53(2)3)111-91(125)72(33-34-75(100)117)108-77(119)28-22-18-21-27-76(118)101-39-40-102-86-79(87-109-71-32-30-64(96)48-73(71)110-87)84(115-42-35-66(99)36-43-115)70(51-104-86)63-44-56(8)45-65(97)47-63/h17,19-20,24-25,29-32,44-45,47-49,51,53-55,57-60,66,68,72,74,80-83,85,121H,16,18,21-23,26-28,33-43,46,50,52,98-99H2,1-15H3,(H2,100,117)(H,101,118)(H,102,104)(H,103,124)(H,105,122)(H,106,126)(H,107,123)(H,108,119)(H,109,110)(H,111,125)(H,112,127)/t57-,58+,59+,60-,68-,72-,74+,80-,81-,82-,83-,85+/m0/s1. The molecular formula is C95H137ClFN19O15. The van der Waals surface area contributed by atoms with Crippen LogP contribution in [0.3, 0.4) is 0 Å². The highest BCUT2D eigenvalue weighted by atomic mass is 35.5. The number of nitrogens with two attached hydrogens (primary N) is 3. The number of likely N-dealkylation sites (N-methyl/N-ethyl adjacent to an activating group) is 2. The van der Waals surface area contributed by atoms with Gasteiger partial charge in [0.15, 0.2) is 0 Å². The van der Waals surface area contributed by atoms with Crippen LogP contribution in [-0.4, -0.2) is 233 Å². The first-order chi connectivity index (χ1) is 62.2. The minimum absolute atomic E-state index is 0.0230. The first-order valence-electron chi connectivity index (χ1n) is 45.6. The number of imidazole rings is 1. The zero-order valence-corrected chi connectivity index (χ0v) is 79.0. The van der Waals surface area contributed by atoms with Gasteiger partial charge in [-0.25, -0.2) is 19.2 Å². The quantitative estimate of drug-likeness (QED) is 0.0159. The number of aliphatic hydroxyl groups is 1. The summed E-state index contributed by atoms with van der Waals surface area (Å²) in [5, 5.41) is 37.0. The maximum absolute atomic E-state index is 15.1. The maximum Gasteiger partial charge on any atom is 0.410 e. The van der Waals surface area contributed by atoms with E-state index < -0.39 is 138 Å². The number of amides is 12. The second kappa shape index (κ2) is 50.3. The Labute approximate surface area is 772 Å². The number of aliphatic hydroxyl groups excluding tert-OH is 1. The van der Waals surface area contributed by atoms with Crippen LogP contribution in [0, 0.1) is 42.3 Å². The Kier molecular flexibility index (Phi) is 40.3. The van der Waals surface area contributed by atoms with Crippen LogP contribution in [0.15, 0.2) is 91.1 Å². The fraction of sp³-hybridized carbons (Fsp3) is 0.558. The molecule has 2 saturated heterocycles. The van der Waals surface area contributed by atoms with Crippen molar-refractivity contribution in [1.29, 1.82) is 0 Å². The molecule has 17 N–H and O–H groups in total. The van der Waals surface area contributed by atoms with Crippen molar-refractivity contribution in [1.82, 2.24) is 66.9 Å². The van der Waals surface area contributed by atoms with Gasteiger partial charge in [0, 0.05) is 138 Å². The van der Waals surface area contributed by atoms with E-state index in [1.165, 1.54) is 56.3 Å². The van der Waals surface area contributed by atoms with Crippen LogP contribution in [0.1, 0.15) is 199 Å². The highest BCUT2D eigenvalue weighted by Crippen LogP contribution is 2.44. The smallest absolute Gasteiger partial charge is 0.410 e. The number of piperidine rings is 1. The average molecular weight is 1840 g/mol. The third kappa shape index (κ3) is 29.8. The molecule has 0 saturated carbocycles. The predicted molar refractivity (Wildman–Crippen MR) is 502 cm³/mol. The van der Waals surface area contributed by atoms with Gasteiger partial charge in [-0.3, -0.25) is 57.6 Å². The molecule has 0 radical (unpaired) electrons. The number of hydrogen-bond donors (Lipinski definition) is 14. The van der Waals surface area contributed by atoms with Crippen molar-refractivity contribution in [3.05, 3.63) is 124 Å². The van der Waals surface area contributed by atoms with Crippen molar-refractivity contribution in [2.45, 2.75) is 246 Å². The molecule has 36 heteroatoms. The summed E-state index contributed by atoms with van der Waals surface area (Å²) in [6, 6.07) is 16.0. The van der Waals surface area contributed by atoms with Gasteiger partial charge in [0.2, 0.25) is 59.1 Å². The first-order valence-corrected chi connectivity index (χ1v) is 46.0. The lowest BCUT2D eigenvalue weighted by Gasteiger charge is -2.40. The molecule has 12 amide bonds. The number of likely N-dealkylation sites (tertiary alicyclic amines) is 1. The van der Waals surface area contributed by atoms with Crippen molar-refractivity contribution in [3.8, 4) is 22.5 Å². The van der Waals surface area contributed by atoms with Gasteiger partial charge in [-0.2, -0.15) is 0 Å². The minimum Gasteiger partial charge on any atom is -0.445 e. The number of pyridine rings is 1. The number of aromatic nitrogens is 3. The van der Waals surface area contributed by atoms with Crippen LogP contribution < -0.4 is 70.0 Å². The van der Waals surface area contributed by atoms with Crippen molar-refractivity contribution in [3.63, 3.8) is 0 Å². The number of halogens is 2. The molecule has 0 aliphatic carbocycles. The Morgan fingerprint density at radius 1 is 0.718 bits per heavy atom. The number of hydrogen-bond acceptors (Lipinski definition) is 21. The van der Waals surface area contributed by atoms with Gasteiger partial charge < -0.3 is 99.3 Å². The fourth-order valence-electron chi connectivity index (χ4n) is 16.8. The first kappa shape index (κ1) is 105. The lowest BCUT2D eigenvalue weighted by atomic mass is 9.89. The molecular weight excluding hydrogens is 1700 g/mol. The molecule has 2 aliphatic rings. The number of anilines is 3. The second-order valence-electron chi connectivity index (χ2n) is 35.7. The fourth-order valence-corrected chi connectivity index (χ4v) is 17.0. The maximum atomic E-state index is 15.1. The summed E-state index contributed by atoms with van der Waals surface area (Å²) in [5.74, 6) is -7.66. The van der Waals surface area contributed by atoms with Crippen LogP contribution in [0.25, 0.3) is 33.5 Å². The molecule has 8 rings (SSSR count). The molecule has 6 aromatic rings. The zero-order chi connectivity index (χ0) is 96.2. The van der Waals surface area contributed by atoms with Gasteiger partial charge in [0.1, 0.15) is 54.3 Å². The van der Waals surface area contributed by atoms with E-state index in [1.54, 1.807) is 90.9 Å². The predicted octanol–water partition coefficient (Wildman–Crippen LogP) is 8.79. The van der Waals surface area contributed by atoms with E-state index in [1.807, 2.05) is 58.0 Å². The number of carbonyl (C=O) groups excluding carboxylic acids is 12. The third-order valence-electron chi connectivity index (χ3n) is 24.4. The Bertz CT molecular complexity index is 4900. The number of benzene rings is 4. The summed E-state index contributed by atoms with van der Waals surface area (Å²) >= 11 is 6.41. The number of nitrogens with zero attached hydrogens (tertiary/aromatic N) is 6. The normalized spacial score (nSPS) is 16.0. The number of carbonyl (C=O) groups is 12. The SMILES string of the molecule is CC[C@H](C)[C@@H]([C@@H](CC(=O)N1CCC[C@H]1C[C@@H](C)C(=O)N[C@H](C)[C@@H](O)c1ccccc1)OC)N(C)C(=O)[C@@H](NC(=O)[C@H](C(C)C)N(C)C(=O)OCc1ccc(NC(=O)[C@H](C)NC(=O)[C@@H](NC(=O)[C@H](CCC(N)=O)NC(=O)CCCCCC(=O)NCCNc2ncc(-c3cc(C)cc(F)c3)c(N3CCC(N)CC3)c2-c2nc3ccc(Cl)cc3[nH]2)C(C)C)cc1C(=O)NCCN)C(C)C. The van der Waals surface area contributed by atoms with Gasteiger partial charge in [-0.1, -0.05) is 129 Å². The van der Waals surface area contributed by atoms with Crippen LogP contribution in [0.2, 0.25) is 5.02 Å². The highest BCUT2D eigenvalue weighted by molar-refractivity contribution is 6.31. The lowest BCUT2D eigenvalue weighted by molar-refractivity contribution is -0.146. The van der Waals surface area contributed by atoms with E-state index in [4.69, 9.17) is 48.2 Å². The topological polar surface area (TPSA) is 484 Å². The van der Waals surface area contributed by atoms with Crippen LogP contribution >= 0.6 is 11.6 Å². The monoisotopic (exact) mass is 1840 g/mol. The van der Waals surface area contributed by atoms with Gasteiger partial charge in [0.05, 0.1) is 53.0 Å². The van der Waals surface area contributed by atoms with Gasteiger partial charge in [-0.05, 0) is 155 Å². The molecule has 716 valence electrons. The van der Waals surface area contributed by atoms with E-state index in [-0.39, 0.29) is 117 Å². The number of methoxy groups -OCH3 is 1. The summed E-state index contributed by atoms with van der Waals surface area (Å²) in [5.41, 5.74) is 23.5. The van der Waals surface area contributed by atoms with Gasteiger partial charge >= 0.3 is 6.09 Å². The number of aryl methyl sites for hydroxylation is 1. The highest BCUT2D eigenvalue weighted by Gasteiger charge is 2.43. The Morgan fingerprint density at radius 2 is 1.40 bits per heavy atom. The Hall–Kier alpha value is -11.4. The molecule has 2 fully saturated rings. The van der Waals surface area contributed by atoms with Crippen molar-refractivity contribution in [2.24, 2.45) is 46.8 Å². The van der Waals surface area contributed by atoms with Crippen LogP contribution in [-0.2, 0) is 64.0 Å². The number of nitrogens with one attached hydrogen (secondary N) is 10. The number of aromatic amines is 1. The van der Waals surface area contributed by atoms with Crippen LogP contribution in [0.4, 0.5) is 26.4 Å². The average Bonchev–Trinajstić information content (AvgIpc) is 1.72. The molecule has 0 bridgehead atoms. The largest absolute Gasteiger partial charge is 0.445 e. The number of rotatable bonds is 48. The van der Waals surface area contributed by atoms with E-state index >= 15 is 4.39 Å². The third-order valence-corrected chi connectivity index (χ3v) is 24.6. The molecule has 2 aliphatic heterocycles. The van der Waals surface area contributed by atoms with E-state index in [9.17, 15) is 62.6 Å². The van der Waals surface area contributed by atoms with E-state index in [2.05, 4.69) is 57.7 Å². The Morgan fingerprint density at radius 3 is 2.05 bits per heavy atom. The van der Waals surface area contributed by atoms with Crippen molar-refractivity contribution in [2.75, 3.05) is 82.6 Å². The summed E-state index contributed by atoms with van der Waals surface area (Å²) in [4.78, 5) is 186. The summed E-state index contributed by atoms with van der Waals surface area (Å²) in [6.07, 6.45) is 3.71. The summed E-state index contributed by atoms with van der Waals surface area (Å²) in [7, 11) is 4.49. The number of unbranched alkanes of at least 4 members (excludes halogenated alkanes) is 2. The van der Waals surface area contributed by atoms with Gasteiger partial charge in [-0.15, -0.1) is 0 Å².